The molecule has 0 fully saturated rings. The lowest BCUT2D eigenvalue weighted by atomic mass is 10.2. The molecule has 1 aromatic carbocycles. The lowest BCUT2D eigenvalue weighted by Gasteiger charge is -2.06. The van der Waals surface area contributed by atoms with Crippen LogP contribution in [0.1, 0.15) is 18.3 Å². The largest absolute Gasteiger partial charge is 0.494 e. The van der Waals surface area contributed by atoms with E-state index in [2.05, 4.69) is 10.3 Å². The zero-order chi connectivity index (χ0) is 13.8. The SMILES string of the molecule is CCOc1ccc(-n2nnc(CC(=O)O)c2C)cc1. The molecule has 1 aromatic heterocycles. The normalized spacial score (nSPS) is 10.4. The Balaban J connectivity index is 2.26. The standard InChI is InChI=1S/C13H15N3O3/c1-3-19-11-6-4-10(5-7-11)16-9(2)12(14-15-16)8-13(17)18/h4-7H,3,8H2,1-2H3,(H,17,18). The van der Waals surface area contributed by atoms with E-state index >= 15 is 0 Å². The van der Waals surface area contributed by atoms with Crippen LogP contribution in [0.4, 0.5) is 0 Å². The van der Waals surface area contributed by atoms with Crippen molar-refractivity contribution in [2.75, 3.05) is 6.61 Å². The average molecular weight is 261 g/mol. The highest BCUT2D eigenvalue weighted by atomic mass is 16.5. The molecule has 2 rings (SSSR count). The van der Waals surface area contributed by atoms with Gasteiger partial charge < -0.3 is 9.84 Å². The highest BCUT2D eigenvalue weighted by molar-refractivity contribution is 5.69. The quantitative estimate of drug-likeness (QED) is 0.884. The number of carbonyl (C=O) groups is 1. The van der Waals surface area contributed by atoms with Gasteiger partial charge in [0.25, 0.3) is 0 Å². The van der Waals surface area contributed by atoms with Crippen molar-refractivity contribution in [1.82, 2.24) is 15.0 Å². The zero-order valence-corrected chi connectivity index (χ0v) is 10.8. The van der Waals surface area contributed by atoms with Crippen LogP contribution >= 0.6 is 0 Å². The number of carboxylic acids is 1. The van der Waals surface area contributed by atoms with Crippen LogP contribution in [0.2, 0.25) is 0 Å². The van der Waals surface area contributed by atoms with Crippen LogP contribution in [-0.4, -0.2) is 32.7 Å². The van der Waals surface area contributed by atoms with Crippen LogP contribution < -0.4 is 4.74 Å². The van der Waals surface area contributed by atoms with Gasteiger partial charge in [-0.2, -0.15) is 0 Å². The fourth-order valence-electron chi connectivity index (χ4n) is 1.76. The van der Waals surface area contributed by atoms with Crippen molar-refractivity contribution in [3.05, 3.63) is 35.7 Å². The molecular formula is C13H15N3O3. The summed E-state index contributed by atoms with van der Waals surface area (Å²) in [6.45, 7) is 4.34. The van der Waals surface area contributed by atoms with Crippen LogP contribution in [-0.2, 0) is 11.2 Å². The maximum absolute atomic E-state index is 10.7. The van der Waals surface area contributed by atoms with Crippen LogP contribution in [0.3, 0.4) is 0 Å². The smallest absolute Gasteiger partial charge is 0.309 e. The van der Waals surface area contributed by atoms with E-state index in [4.69, 9.17) is 9.84 Å². The van der Waals surface area contributed by atoms with E-state index in [-0.39, 0.29) is 6.42 Å². The zero-order valence-electron chi connectivity index (χ0n) is 10.8. The molecule has 100 valence electrons. The highest BCUT2D eigenvalue weighted by Crippen LogP contribution is 2.17. The van der Waals surface area contributed by atoms with Crippen LogP contribution in [0.15, 0.2) is 24.3 Å². The number of aliphatic carboxylic acids is 1. The Labute approximate surface area is 110 Å². The maximum atomic E-state index is 10.7. The third kappa shape index (κ3) is 2.90. The molecule has 0 amide bonds. The van der Waals surface area contributed by atoms with Gasteiger partial charge in [0.05, 0.1) is 30.1 Å². The van der Waals surface area contributed by atoms with Gasteiger partial charge in [-0.15, -0.1) is 5.10 Å². The molecule has 19 heavy (non-hydrogen) atoms. The third-order valence-corrected chi connectivity index (χ3v) is 2.70. The van der Waals surface area contributed by atoms with Gasteiger partial charge in [0, 0.05) is 0 Å². The van der Waals surface area contributed by atoms with Gasteiger partial charge in [-0.25, -0.2) is 4.68 Å². The molecule has 0 atom stereocenters. The first-order valence-corrected chi connectivity index (χ1v) is 5.98. The van der Waals surface area contributed by atoms with E-state index in [1.165, 1.54) is 0 Å². The summed E-state index contributed by atoms with van der Waals surface area (Å²) in [6.07, 6.45) is -0.122. The van der Waals surface area contributed by atoms with Gasteiger partial charge in [0.1, 0.15) is 5.75 Å². The molecule has 0 spiro atoms. The summed E-state index contributed by atoms with van der Waals surface area (Å²) in [4.78, 5) is 10.7. The number of nitrogens with zero attached hydrogens (tertiary/aromatic N) is 3. The van der Waals surface area contributed by atoms with Crippen molar-refractivity contribution < 1.29 is 14.6 Å². The molecule has 0 unspecified atom stereocenters. The summed E-state index contributed by atoms with van der Waals surface area (Å²) < 4.78 is 6.98. The molecule has 1 heterocycles. The lowest BCUT2D eigenvalue weighted by molar-refractivity contribution is -0.136. The first kappa shape index (κ1) is 13.1. The van der Waals surface area contributed by atoms with Gasteiger partial charge in [-0.05, 0) is 38.1 Å². The van der Waals surface area contributed by atoms with E-state index in [1.807, 2.05) is 31.2 Å². The molecule has 0 bridgehead atoms. The average Bonchev–Trinajstić information content (AvgIpc) is 2.72. The first-order valence-electron chi connectivity index (χ1n) is 5.98. The molecular weight excluding hydrogens is 246 g/mol. The Morgan fingerprint density at radius 3 is 2.63 bits per heavy atom. The van der Waals surface area contributed by atoms with Crippen LogP contribution in [0.5, 0.6) is 5.75 Å². The number of hydrogen-bond acceptors (Lipinski definition) is 4. The van der Waals surface area contributed by atoms with Gasteiger partial charge in [0.2, 0.25) is 0 Å². The van der Waals surface area contributed by atoms with Crippen molar-refractivity contribution in [3.63, 3.8) is 0 Å². The summed E-state index contributed by atoms with van der Waals surface area (Å²) in [7, 11) is 0. The Morgan fingerprint density at radius 1 is 1.37 bits per heavy atom. The third-order valence-electron chi connectivity index (χ3n) is 2.70. The van der Waals surface area contributed by atoms with E-state index < -0.39 is 5.97 Å². The van der Waals surface area contributed by atoms with Gasteiger partial charge in [0.15, 0.2) is 0 Å². The van der Waals surface area contributed by atoms with E-state index in [0.717, 1.165) is 17.1 Å². The Kier molecular flexibility index (Phi) is 3.79. The fourth-order valence-corrected chi connectivity index (χ4v) is 1.76. The second kappa shape index (κ2) is 5.51. The number of hydrogen-bond donors (Lipinski definition) is 1. The van der Waals surface area contributed by atoms with Crippen molar-refractivity contribution >= 4 is 5.97 Å². The Morgan fingerprint density at radius 2 is 2.05 bits per heavy atom. The molecule has 0 aliphatic heterocycles. The fraction of sp³-hybridized carbons (Fsp3) is 0.308. The molecule has 6 nitrogen and oxygen atoms in total. The summed E-state index contributed by atoms with van der Waals surface area (Å²) in [5.41, 5.74) is 2.03. The van der Waals surface area contributed by atoms with Crippen LogP contribution in [0.25, 0.3) is 5.69 Å². The Bertz CT molecular complexity index is 575. The molecule has 0 saturated carbocycles. The van der Waals surface area contributed by atoms with Gasteiger partial charge in [-0.1, -0.05) is 5.21 Å². The molecule has 0 aliphatic carbocycles. The topological polar surface area (TPSA) is 77.2 Å². The second-order valence-electron chi connectivity index (χ2n) is 4.03. The minimum absolute atomic E-state index is 0.122. The molecule has 0 saturated heterocycles. The maximum Gasteiger partial charge on any atom is 0.309 e. The van der Waals surface area contributed by atoms with E-state index in [0.29, 0.717) is 12.3 Å². The van der Waals surface area contributed by atoms with Crippen molar-refractivity contribution in [3.8, 4) is 11.4 Å². The molecule has 0 radical (unpaired) electrons. The number of carboxylic acid groups (broad SMARTS) is 1. The van der Waals surface area contributed by atoms with E-state index in [9.17, 15) is 4.79 Å². The number of benzene rings is 1. The predicted octanol–water partition coefficient (Wildman–Crippen LogP) is 1.60. The lowest BCUT2D eigenvalue weighted by Crippen LogP contribution is -2.03. The number of ether oxygens (including phenoxy) is 1. The number of rotatable bonds is 5. The minimum Gasteiger partial charge on any atom is -0.494 e. The minimum atomic E-state index is -0.915. The van der Waals surface area contributed by atoms with Crippen molar-refractivity contribution in [1.29, 1.82) is 0 Å². The monoisotopic (exact) mass is 261 g/mol. The van der Waals surface area contributed by atoms with Crippen molar-refractivity contribution in [2.45, 2.75) is 20.3 Å². The number of aromatic nitrogens is 3. The highest BCUT2D eigenvalue weighted by Gasteiger charge is 2.12. The summed E-state index contributed by atoms with van der Waals surface area (Å²) in [5, 5.41) is 16.6. The molecule has 1 N–H and O–H groups in total. The molecule has 6 heteroatoms. The molecule has 0 aliphatic rings. The molecule has 2 aromatic rings. The summed E-state index contributed by atoms with van der Waals surface area (Å²) in [6, 6.07) is 7.40. The summed E-state index contributed by atoms with van der Waals surface area (Å²) >= 11 is 0. The Hall–Kier alpha value is -2.37. The van der Waals surface area contributed by atoms with E-state index in [1.54, 1.807) is 11.6 Å². The van der Waals surface area contributed by atoms with Crippen LogP contribution in [0, 0.1) is 6.92 Å². The van der Waals surface area contributed by atoms with Gasteiger partial charge in [-0.3, -0.25) is 4.79 Å². The second-order valence-corrected chi connectivity index (χ2v) is 4.03. The first-order chi connectivity index (χ1) is 9.11. The summed E-state index contributed by atoms with van der Waals surface area (Å²) in [5.74, 6) is -0.128. The predicted molar refractivity (Wildman–Crippen MR) is 68.6 cm³/mol. The van der Waals surface area contributed by atoms with Crippen molar-refractivity contribution in [2.24, 2.45) is 0 Å². The van der Waals surface area contributed by atoms with Gasteiger partial charge >= 0.3 is 5.97 Å².